The predicted octanol–water partition coefficient (Wildman–Crippen LogP) is 2.77. The molecule has 0 fully saturated rings. The molecule has 0 spiro atoms. The van der Waals surface area contributed by atoms with E-state index in [1.165, 1.54) is 26.4 Å². The zero-order valence-electron chi connectivity index (χ0n) is 12.7. The molecule has 0 bridgehead atoms. The summed E-state index contributed by atoms with van der Waals surface area (Å²) in [5.74, 6) is 0.296. The molecule has 1 amide bonds. The van der Waals surface area contributed by atoms with Crippen molar-refractivity contribution in [1.82, 2.24) is 0 Å². The van der Waals surface area contributed by atoms with Crippen molar-refractivity contribution in [1.29, 1.82) is 0 Å². The fraction of sp³-hybridized carbons (Fsp3) is 0.500. The van der Waals surface area contributed by atoms with Crippen LogP contribution < -0.4 is 14.4 Å². The lowest BCUT2D eigenvalue weighted by Gasteiger charge is -2.24. The number of hydrogen-bond acceptors (Lipinski definition) is 5. The number of benzene rings is 1. The Labute approximate surface area is 123 Å². The predicted molar refractivity (Wildman–Crippen MR) is 79.1 cm³/mol. The van der Waals surface area contributed by atoms with Gasteiger partial charge in [0.1, 0.15) is 5.75 Å². The molecule has 116 valence electrons. The second-order valence-corrected chi connectivity index (χ2v) is 4.35. The second-order valence-electron chi connectivity index (χ2n) is 4.35. The number of nitro benzene ring substituents is 1. The van der Waals surface area contributed by atoms with Crippen LogP contribution in [0.15, 0.2) is 12.1 Å². The smallest absolute Gasteiger partial charge is 0.314 e. The van der Waals surface area contributed by atoms with Crippen LogP contribution in [0.2, 0.25) is 0 Å². The van der Waals surface area contributed by atoms with Crippen LogP contribution in [0.5, 0.6) is 11.5 Å². The number of anilines is 1. The van der Waals surface area contributed by atoms with E-state index in [-0.39, 0.29) is 23.1 Å². The monoisotopic (exact) mass is 296 g/mol. The molecule has 0 saturated carbocycles. The molecule has 1 rings (SSSR count). The van der Waals surface area contributed by atoms with Crippen LogP contribution in [0.1, 0.15) is 26.7 Å². The Morgan fingerprint density at radius 2 is 1.86 bits per heavy atom. The summed E-state index contributed by atoms with van der Waals surface area (Å²) in [6, 6.07) is 2.75. The van der Waals surface area contributed by atoms with Gasteiger partial charge in [-0.1, -0.05) is 13.8 Å². The topological polar surface area (TPSA) is 81.9 Å². The van der Waals surface area contributed by atoms with Crippen LogP contribution in [0, 0.1) is 10.1 Å². The number of carbonyl (C=O) groups excluding carboxylic acids is 1. The van der Waals surface area contributed by atoms with Gasteiger partial charge in [0.25, 0.3) is 0 Å². The minimum Gasteiger partial charge on any atom is -0.494 e. The van der Waals surface area contributed by atoms with E-state index in [2.05, 4.69) is 0 Å². The summed E-state index contributed by atoms with van der Waals surface area (Å²) in [7, 11) is 2.76. The molecule has 1 aromatic rings. The van der Waals surface area contributed by atoms with E-state index in [0.29, 0.717) is 18.7 Å². The maximum Gasteiger partial charge on any atom is 0.314 e. The molecular formula is C14H20N2O5. The summed E-state index contributed by atoms with van der Waals surface area (Å²) in [4.78, 5) is 24.1. The fourth-order valence-electron chi connectivity index (χ4n) is 2.01. The summed E-state index contributed by atoms with van der Waals surface area (Å²) in [6.45, 7) is 4.22. The van der Waals surface area contributed by atoms with Crippen molar-refractivity contribution >= 4 is 17.3 Å². The lowest BCUT2D eigenvalue weighted by atomic mass is 10.2. The van der Waals surface area contributed by atoms with Crippen molar-refractivity contribution in [2.45, 2.75) is 26.7 Å². The molecule has 0 radical (unpaired) electrons. The number of ether oxygens (including phenoxy) is 2. The fourth-order valence-corrected chi connectivity index (χ4v) is 2.01. The van der Waals surface area contributed by atoms with Gasteiger partial charge in [-0.15, -0.1) is 0 Å². The molecule has 0 aromatic heterocycles. The van der Waals surface area contributed by atoms with E-state index in [0.717, 1.165) is 6.42 Å². The van der Waals surface area contributed by atoms with Gasteiger partial charge in [-0.25, -0.2) is 0 Å². The minimum atomic E-state index is -0.545. The lowest BCUT2D eigenvalue weighted by Crippen LogP contribution is -2.31. The summed E-state index contributed by atoms with van der Waals surface area (Å²) in [5.41, 5.74) is 0.284. The zero-order valence-corrected chi connectivity index (χ0v) is 12.7. The van der Waals surface area contributed by atoms with Crippen molar-refractivity contribution in [2.24, 2.45) is 0 Å². The molecule has 0 saturated heterocycles. The summed E-state index contributed by atoms with van der Waals surface area (Å²) in [5, 5.41) is 11.0. The third-order valence-corrected chi connectivity index (χ3v) is 3.02. The van der Waals surface area contributed by atoms with Gasteiger partial charge in [-0.2, -0.15) is 0 Å². The van der Waals surface area contributed by atoms with Gasteiger partial charge in [0.2, 0.25) is 5.91 Å². The first-order chi connectivity index (χ1) is 9.99. The highest BCUT2D eigenvalue weighted by Gasteiger charge is 2.24. The molecule has 0 N–H and O–H groups in total. The Balaban J connectivity index is 3.44. The highest BCUT2D eigenvalue weighted by molar-refractivity contribution is 5.95. The Hall–Kier alpha value is -2.31. The van der Waals surface area contributed by atoms with Gasteiger partial charge in [-0.3, -0.25) is 14.9 Å². The molecule has 7 heteroatoms. The van der Waals surface area contributed by atoms with Crippen LogP contribution in [0.3, 0.4) is 0 Å². The molecule has 0 unspecified atom stereocenters. The minimum absolute atomic E-state index is 0.0777. The first kappa shape index (κ1) is 16.7. The maximum atomic E-state index is 12.1. The first-order valence-corrected chi connectivity index (χ1v) is 6.70. The standard InChI is InChI=1S/C14H20N2O5/c1-5-7-15(14(17)6-2)10-8-13(21-4)11(16(18)19)9-12(10)20-3/h8-9H,5-7H2,1-4H3. The summed E-state index contributed by atoms with van der Waals surface area (Å²) < 4.78 is 10.3. The third-order valence-electron chi connectivity index (χ3n) is 3.02. The number of rotatable bonds is 7. The van der Waals surface area contributed by atoms with Crippen molar-refractivity contribution in [2.75, 3.05) is 25.7 Å². The SMILES string of the molecule is CCCN(C(=O)CC)c1cc(OC)c([N+](=O)[O-])cc1OC. The van der Waals surface area contributed by atoms with Crippen LogP contribution in [0.25, 0.3) is 0 Å². The summed E-state index contributed by atoms with van der Waals surface area (Å²) >= 11 is 0. The van der Waals surface area contributed by atoms with Gasteiger partial charge in [0.15, 0.2) is 5.75 Å². The van der Waals surface area contributed by atoms with Crippen LogP contribution >= 0.6 is 0 Å². The van der Waals surface area contributed by atoms with Gasteiger partial charge in [0.05, 0.1) is 30.9 Å². The average molecular weight is 296 g/mol. The number of hydrogen-bond donors (Lipinski definition) is 0. The number of nitro groups is 1. The van der Waals surface area contributed by atoms with E-state index in [1.807, 2.05) is 6.92 Å². The van der Waals surface area contributed by atoms with E-state index < -0.39 is 4.92 Å². The van der Waals surface area contributed by atoms with E-state index in [1.54, 1.807) is 11.8 Å². The molecule has 21 heavy (non-hydrogen) atoms. The van der Waals surface area contributed by atoms with Gasteiger partial charge in [0, 0.05) is 19.0 Å². The van der Waals surface area contributed by atoms with Crippen molar-refractivity contribution in [3.8, 4) is 11.5 Å². The van der Waals surface area contributed by atoms with Crippen LogP contribution in [-0.2, 0) is 4.79 Å². The highest BCUT2D eigenvalue weighted by Crippen LogP contribution is 2.39. The first-order valence-electron chi connectivity index (χ1n) is 6.70. The Kier molecular flexibility index (Phi) is 5.95. The molecule has 0 heterocycles. The Bertz CT molecular complexity index is 530. The van der Waals surface area contributed by atoms with E-state index in [9.17, 15) is 14.9 Å². The number of methoxy groups -OCH3 is 2. The van der Waals surface area contributed by atoms with Crippen molar-refractivity contribution < 1.29 is 19.2 Å². The number of nitrogens with zero attached hydrogens (tertiary/aromatic N) is 2. The molecule has 0 aliphatic heterocycles. The van der Waals surface area contributed by atoms with Gasteiger partial charge >= 0.3 is 5.69 Å². The van der Waals surface area contributed by atoms with Gasteiger partial charge < -0.3 is 14.4 Å². The number of amides is 1. The van der Waals surface area contributed by atoms with Crippen molar-refractivity contribution in [3.63, 3.8) is 0 Å². The molecule has 7 nitrogen and oxygen atoms in total. The van der Waals surface area contributed by atoms with Crippen LogP contribution in [0.4, 0.5) is 11.4 Å². The lowest BCUT2D eigenvalue weighted by molar-refractivity contribution is -0.385. The Morgan fingerprint density at radius 1 is 1.24 bits per heavy atom. The molecule has 0 aliphatic carbocycles. The van der Waals surface area contributed by atoms with Crippen LogP contribution in [-0.4, -0.2) is 31.6 Å². The molecular weight excluding hydrogens is 276 g/mol. The van der Waals surface area contributed by atoms with E-state index in [4.69, 9.17) is 9.47 Å². The normalized spacial score (nSPS) is 10.1. The molecule has 0 atom stereocenters. The number of carbonyl (C=O) groups is 1. The second kappa shape index (κ2) is 7.47. The average Bonchev–Trinajstić information content (AvgIpc) is 2.50. The third kappa shape index (κ3) is 3.62. The van der Waals surface area contributed by atoms with E-state index >= 15 is 0 Å². The molecule has 0 aliphatic rings. The maximum absolute atomic E-state index is 12.1. The quantitative estimate of drug-likeness (QED) is 0.570. The highest BCUT2D eigenvalue weighted by atomic mass is 16.6. The molecule has 1 aromatic carbocycles. The zero-order chi connectivity index (χ0) is 16.0. The summed E-state index contributed by atoms with van der Waals surface area (Å²) in [6.07, 6.45) is 1.09. The largest absolute Gasteiger partial charge is 0.494 e. The Morgan fingerprint density at radius 3 is 2.29 bits per heavy atom. The van der Waals surface area contributed by atoms with Crippen molar-refractivity contribution in [3.05, 3.63) is 22.2 Å². The van der Waals surface area contributed by atoms with Gasteiger partial charge in [-0.05, 0) is 6.42 Å².